The monoisotopic (exact) mass is 468 g/mol. The zero-order valence-electron chi connectivity index (χ0n) is 23.5. The summed E-state index contributed by atoms with van der Waals surface area (Å²) in [5.41, 5.74) is -5.25. The van der Waals surface area contributed by atoms with E-state index in [9.17, 15) is 9.59 Å². The summed E-state index contributed by atoms with van der Waals surface area (Å²) in [6.45, 7) is 27.1. The van der Waals surface area contributed by atoms with Gasteiger partial charge in [0.25, 0.3) is 0 Å². The summed E-state index contributed by atoms with van der Waals surface area (Å²) in [6, 6.07) is 9.67. The fraction of sp³-hybridized carbons (Fsp3) is 0.733. The number of benzene rings is 1. The SMILES string of the molecule is CC(=O)[C@@]1(c2ccccc2)OC2(C(C)(C)C)C3(C(C)(C)C)C2(C(C)(C)C)C31C(=O)OC(C)(C)C. The van der Waals surface area contributed by atoms with E-state index in [4.69, 9.17) is 9.47 Å². The minimum Gasteiger partial charge on any atom is -0.459 e. The van der Waals surface area contributed by atoms with Gasteiger partial charge in [0.1, 0.15) is 11.0 Å². The van der Waals surface area contributed by atoms with E-state index in [1.54, 1.807) is 6.92 Å². The van der Waals surface area contributed by atoms with Gasteiger partial charge in [-0.2, -0.15) is 0 Å². The number of carbonyl (C=O) groups is 2. The Hall–Kier alpha value is -1.68. The number of fused-ring (bicyclic) bond motifs is 1. The fourth-order valence-corrected chi connectivity index (χ4v) is 9.43. The quantitative estimate of drug-likeness (QED) is 0.463. The van der Waals surface area contributed by atoms with Crippen molar-refractivity contribution in [3.05, 3.63) is 35.9 Å². The molecule has 1 aromatic carbocycles. The molecule has 0 spiro atoms. The molecular weight excluding hydrogens is 424 g/mol. The molecule has 0 N–H and O–H groups in total. The molecule has 0 aromatic heterocycles. The summed E-state index contributed by atoms with van der Waals surface area (Å²) in [7, 11) is 0. The topological polar surface area (TPSA) is 52.6 Å². The van der Waals surface area contributed by atoms with Crippen LogP contribution in [0.5, 0.6) is 0 Å². The second-order valence-electron chi connectivity index (χ2n) is 14.9. The zero-order valence-corrected chi connectivity index (χ0v) is 23.5. The largest absolute Gasteiger partial charge is 0.459 e. The molecule has 1 aromatic rings. The van der Waals surface area contributed by atoms with Crippen LogP contribution >= 0.6 is 0 Å². The zero-order chi connectivity index (χ0) is 26.2. The minimum absolute atomic E-state index is 0.132. The Morgan fingerprint density at radius 2 is 1.18 bits per heavy atom. The van der Waals surface area contributed by atoms with Gasteiger partial charge in [0, 0.05) is 10.8 Å². The molecule has 188 valence electrons. The van der Waals surface area contributed by atoms with Crippen LogP contribution in [-0.2, 0) is 24.7 Å². The number of hydrogen-bond acceptors (Lipinski definition) is 4. The molecule has 4 nitrogen and oxygen atoms in total. The highest BCUT2D eigenvalue weighted by atomic mass is 16.6. The number of rotatable bonds is 3. The molecule has 2 saturated heterocycles. The van der Waals surface area contributed by atoms with E-state index >= 15 is 0 Å². The predicted molar refractivity (Wildman–Crippen MR) is 134 cm³/mol. The van der Waals surface area contributed by atoms with Crippen molar-refractivity contribution in [1.29, 1.82) is 0 Å². The lowest BCUT2D eigenvalue weighted by molar-refractivity contribution is -0.177. The molecule has 0 amide bonds. The Bertz CT molecular complexity index is 1030. The van der Waals surface area contributed by atoms with Crippen LogP contribution in [0.3, 0.4) is 0 Å². The van der Waals surface area contributed by atoms with E-state index in [1.165, 1.54) is 0 Å². The summed E-state index contributed by atoms with van der Waals surface area (Å²) in [5, 5.41) is 0. The molecule has 3 atom stereocenters. The Balaban J connectivity index is 2.21. The molecule has 4 heteroatoms. The van der Waals surface area contributed by atoms with Crippen molar-refractivity contribution in [2.45, 2.75) is 107 Å². The third-order valence-electron chi connectivity index (χ3n) is 9.14. The van der Waals surface area contributed by atoms with Crippen LogP contribution in [0.15, 0.2) is 30.3 Å². The highest BCUT2D eigenvalue weighted by Gasteiger charge is 3.27. The lowest BCUT2D eigenvalue weighted by Gasteiger charge is -2.46. The maximum atomic E-state index is 14.7. The third kappa shape index (κ3) is 2.07. The summed E-state index contributed by atoms with van der Waals surface area (Å²) in [4.78, 5) is 28.6. The van der Waals surface area contributed by atoms with Crippen LogP contribution in [0.25, 0.3) is 0 Å². The van der Waals surface area contributed by atoms with E-state index in [0.29, 0.717) is 0 Å². The molecule has 4 fully saturated rings. The second kappa shape index (κ2) is 6.17. The Morgan fingerprint density at radius 3 is 1.50 bits per heavy atom. The normalized spacial score (nSPS) is 38.9. The number of Topliss-reactive ketones (excluding diaryl/α,β-unsaturated/α-hetero) is 1. The van der Waals surface area contributed by atoms with Gasteiger partial charge in [-0.25, -0.2) is 0 Å². The van der Waals surface area contributed by atoms with Gasteiger partial charge in [-0.15, -0.1) is 0 Å². The average Bonchev–Trinajstić information content (AvgIpc) is 3.35. The number of ether oxygens (including phenoxy) is 2. The maximum Gasteiger partial charge on any atom is 0.317 e. The van der Waals surface area contributed by atoms with Crippen molar-refractivity contribution in [2.24, 2.45) is 32.5 Å². The Morgan fingerprint density at radius 1 is 0.735 bits per heavy atom. The maximum absolute atomic E-state index is 14.7. The lowest BCUT2D eigenvalue weighted by atomic mass is 9.53. The van der Waals surface area contributed by atoms with Crippen LogP contribution in [0.1, 0.15) is 95.6 Å². The van der Waals surface area contributed by atoms with Crippen LogP contribution in [0, 0.1) is 32.5 Å². The number of carbonyl (C=O) groups excluding carboxylic acids is 2. The predicted octanol–water partition coefficient (Wildman–Crippen LogP) is 6.71. The first kappa shape index (κ1) is 25.4. The highest BCUT2D eigenvalue weighted by Crippen LogP contribution is 3.18. The number of hydrogen-bond donors (Lipinski definition) is 0. The van der Waals surface area contributed by atoms with Crippen molar-refractivity contribution in [2.75, 3.05) is 0 Å². The molecule has 2 saturated carbocycles. The van der Waals surface area contributed by atoms with E-state index in [1.807, 2.05) is 51.1 Å². The van der Waals surface area contributed by atoms with Crippen LogP contribution < -0.4 is 0 Å². The van der Waals surface area contributed by atoms with Gasteiger partial charge in [0.05, 0.1) is 5.60 Å². The summed E-state index contributed by atoms with van der Waals surface area (Å²) in [6.07, 6.45) is 0. The van der Waals surface area contributed by atoms with Crippen molar-refractivity contribution >= 4 is 11.8 Å². The minimum atomic E-state index is -1.41. The molecule has 2 bridgehead atoms. The smallest absolute Gasteiger partial charge is 0.317 e. The van der Waals surface area contributed by atoms with E-state index in [2.05, 4.69) is 62.3 Å². The molecule has 0 radical (unpaired) electrons. The first-order chi connectivity index (χ1) is 15.1. The van der Waals surface area contributed by atoms with Gasteiger partial charge in [-0.3, -0.25) is 9.59 Å². The molecule has 5 rings (SSSR count). The van der Waals surface area contributed by atoms with E-state index in [0.717, 1.165) is 5.56 Å². The number of ketones is 1. The molecular formula is C30H44O4. The molecule has 2 aliphatic carbocycles. The van der Waals surface area contributed by atoms with Crippen molar-refractivity contribution in [3.63, 3.8) is 0 Å². The molecule has 2 heterocycles. The van der Waals surface area contributed by atoms with E-state index in [-0.39, 0.29) is 28.0 Å². The Labute approximate surface area is 206 Å². The molecule has 2 aliphatic heterocycles. The van der Waals surface area contributed by atoms with Crippen LogP contribution in [0.4, 0.5) is 0 Å². The van der Waals surface area contributed by atoms with E-state index < -0.39 is 33.0 Å². The lowest BCUT2D eigenvalue weighted by Crippen LogP contribution is -2.56. The van der Waals surface area contributed by atoms with Gasteiger partial charge in [-0.05, 0) is 49.5 Å². The molecule has 2 unspecified atom stereocenters. The van der Waals surface area contributed by atoms with Crippen molar-refractivity contribution in [1.82, 2.24) is 0 Å². The van der Waals surface area contributed by atoms with Gasteiger partial charge in [-0.1, -0.05) is 92.6 Å². The first-order valence-electron chi connectivity index (χ1n) is 12.6. The third-order valence-corrected chi connectivity index (χ3v) is 9.14. The molecule has 34 heavy (non-hydrogen) atoms. The van der Waals surface area contributed by atoms with Gasteiger partial charge in [0.15, 0.2) is 11.4 Å². The van der Waals surface area contributed by atoms with Gasteiger partial charge < -0.3 is 9.47 Å². The van der Waals surface area contributed by atoms with Crippen molar-refractivity contribution in [3.8, 4) is 0 Å². The number of esters is 1. The second-order valence-corrected chi connectivity index (χ2v) is 14.9. The molecule has 4 aliphatic rings. The van der Waals surface area contributed by atoms with Crippen LogP contribution in [-0.4, -0.2) is 23.0 Å². The highest BCUT2D eigenvalue weighted by molar-refractivity contribution is 6.06. The first-order valence-corrected chi connectivity index (χ1v) is 12.6. The summed E-state index contributed by atoms with van der Waals surface area (Å²) in [5.74, 6) is -0.436. The fourth-order valence-electron chi connectivity index (χ4n) is 9.43. The standard InChI is InChI=1S/C30H44O4/c1-19(31)26(20-17-15-14-16-18-20)27(21(32)33-25(11,12)13)28(22(2,3)4)29(27,23(5,6)7)30(28,34-26)24(8,9)10/h14-18H,1-13H3/t26-,27?,28?,29?,30?/m0/s1. The Kier molecular flexibility index (Phi) is 4.61. The van der Waals surface area contributed by atoms with Crippen LogP contribution in [0.2, 0.25) is 0 Å². The van der Waals surface area contributed by atoms with Gasteiger partial charge in [0.2, 0.25) is 0 Å². The average molecular weight is 469 g/mol. The summed E-state index contributed by atoms with van der Waals surface area (Å²) >= 11 is 0. The summed E-state index contributed by atoms with van der Waals surface area (Å²) < 4.78 is 13.5. The van der Waals surface area contributed by atoms with Crippen molar-refractivity contribution < 1.29 is 19.1 Å². The van der Waals surface area contributed by atoms with Gasteiger partial charge >= 0.3 is 5.97 Å².